The molecule has 1 aliphatic carbocycles. The first-order valence-corrected chi connectivity index (χ1v) is 7.52. The number of halogens is 4. The maximum atomic E-state index is 13.8. The van der Waals surface area contributed by atoms with Crippen molar-refractivity contribution in [3.8, 4) is 0 Å². The van der Waals surface area contributed by atoms with Crippen LogP contribution in [0.3, 0.4) is 0 Å². The lowest BCUT2D eigenvalue weighted by molar-refractivity contribution is -0.137. The zero-order chi connectivity index (χ0) is 15.0. The monoisotopic (exact) mass is 315 g/mol. The molecule has 0 amide bonds. The highest BCUT2D eigenvalue weighted by Crippen LogP contribution is 2.37. The molecule has 1 unspecified atom stereocenters. The lowest BCUT2D eigenvalue weighted by Crippen LogP contribution is -2.17. The number of alkyl halides is 3. The molecule has 1 atom stereocenters. The third kappa shape index (κ3) is 2.90. The van der Waals surface area contributed by atoms with E-state index in [0.717, 1.165) is 43.0 Å². The molecule has 1 aromatic heterocycles. The minimum absolute atomic E-state index is 0.0890. The summed E-state index contributed by atoms with van der Waals surface area (Å²) in [5, 5.41) is 4.90. The first-order valence-electron chi connectivity index (χ1n) is 6.64. The van der Waals surface area contributed by atoms with Gasteiger partial charge in [0.2, 0.25) is 0 Å². The van der Waals surface area contributed by atoms with Gasteiger partial charge in [0.25, 0.3) is 0 Å². The van der Waals surface area contributed by atoms with Gasteiger partial charge in [0, 0.05) is 4.88 Å². The molecule has 6 heteroatoms. The molecule has 2 aromatic rings. The van der Waals surface area contributed by atoms with E-state index in [0.29, 0.717) is 0 Å². The summed E-state index contributed by atoms with van der Waals surface area (Å²) < 4.78 is 51.9. The predicted octanol–water partition coefficient (Wildman–Crippen LogP) is 5.40. The van der Waals surface area contributed by atoms with E-state index in [9.17, 15) is 17.6 Å². The van der Waals surface area contributed by atoms with Crippen LogP contribution in [-0.4, -0.2) is 0 Å². The van der Waals surface area contributed by atoms with Crippen molar-refractivity contribution in [2.24, 2.45) is 0 Å². The molecule has 0 aliphatic heterocycles. The van der Waals surface area contributed by atoms with Crippen LogP contribution in [0, 0.1) is 5.82 Å². The molecule has 3 rings (SSSR count). The largest absolute Gasteiger partial charge is 0.416 e. The van der Waals surface area contributed by atoms with E-state index in [4.69, 9.17) is 0 Å². The Kier molecular flexibility index (Phi) is 3.65. The summed E-state index contributed by atoms with van der Waals surface area (Å²) in [4.78, 5) is 1.23. The smallest absolute Gasteiger partial charge is 0.376 e. The Morgan fingerprint density at radius 2 is 2.00 bits per heavy atom. The van der Waals surface area contributed by atoms with Crippen molar-refractivity contribution in [1.29, 1.82) is 0 Å². The molecule has 112 valence electrons. The number of fused-ring (bicyclic) bond motifs is 1. The van der Waals surface area contributed by atoms with Gasteiger partial charge in [-0.1, -0.05) is 0 Å². The number of hydrogen-bond acceptors (Lipinski definition) is 2. The van der Waals surface area contributed by atoms with E-state index in [2.05, 4.69) is 5.32 Å². The second-order valence-electron chi connectivity index (χ2n) is 5.08. The Balaban J connectivity index is 1.89. The van der Waals surface area contributed by atoms with Crippen LogP contribution in [0.5, 0.6) is 0 Å². The molecule has 0 bridgehead atoms. The maximum Gasteiger partial charge on any atom is 0.416 e. The second kappa shape index (κ2) is 5.33. The molecule has 0 saturated carbocycles. The molecule has 1 aliphatic rings. The van der Waals surface area contributed by atoms with E-state index in [1.165, 1.54) is 4.88 Å². The molecule has 1 heterocycles. The van der Waals surface area contributed by atoms with Gasteiger partial charge in [0.1, 0.15) is 5.82 Å². The fourth-order valence-electron chi connectivity index (χ4n) is 2.64. The molecular formula is C15H13F4NS. The zero-order valence-electron chi connectivity index (χ0n) is 11.0. The summed E-state index contributed by atoms with van der Waals surface area (Å²) in [5.74, 6) is -0.662. The van der Waals surface area contributed by atoms with Gasteiger partial charge >= 0.3 is 6.18 Å². The summed E-state index contributed by atoms with van der Waals surface area (Å²) in [7, 11) is 0. The van der Waals surface area contributed by atoms with Crippen LogP contribution in [0.2, 0.25) is 0 Å². The second-order valence-corrected chi connectivity index (χ2v) is 6.08. The van der Waals surface area contributed by atoms with Crippen LogP contribution >= 0.6 is 11.3 Å². The standard InChI is InChI=1S/C15H13F4NS/c16-11-5-4-9(15(17,18)19)8-13(11)20-12-2-1-3-14-10(12)6-7-21-14/h4-8,12,20H,1-3H2. The molecule has 1 aromatic carbocycles. The van der Waals surface area contributed by atoms with Crippen LogP contribution in [0.1, 0.15) is 34.9 Å². The predicted molar refractivity (Wildman–Crippen MR) is 75.0 cm³/mol. The van der Waals surface area contributed by atoms with E-state index >= 15 is 0 Å². The van der Waals surface area contributed by atoms with Crippen molar-refractivity contribution < 1.29 is 17.6 Å². The fraction of sp³-hybridized carbons (Fsp3) is 0.333. The average Bonchev–Trinajstić information content (AvgIpc) is 2.89. The van der Waals surface area contributed by atoms with Crippen LogP contribution < -0.4 is 5.32 Å². The van der Waals surface area contributed by atoms with Gasteiger partial charge in [0.05, 0.1) is 17.3 Å². The molecule has 0 spiro atoms. The number of thiophene rings is 1. The normalized spacial score (nSPS) is 18.4. The highest BCUT2D eigenvalue weighted by molar-refractivity contribution is 7.10. The highest BCUT2D eigenvalue weighted by Gasteiger charge is 2.31. The zero-order valence-corrected chi connectivity index (χ0v) is 11.8. The summed E-state index contributed by atoms with van der Waals surface area (Å²) in [6, 6.07) is 4.30. The number of benzene rings is 1. The summed E-state index contributed by atoms with van der Waals surface area (Å²) in [6.07, 6.45) is -1.74. The van der Waals surface area contributed by atoms with E-state index < -0.39 is 17.6 Å². The highest BCUT2D eigenvalue weighted by atomic mass is 32.1. The van der Waals surface area contributed by atoms with Crippen LogP contribution in [-0.2, 0) is 12.6 Å². The first kappa shape index (κ1) is 14.4. The van der Waals surface area contributed by atoms with Gasteiger partial charge < -0.3 is 5.32 Å². The third-order valence-electron chi connectivity index (χ3n) is 3.68. The maximum absolute atomic E-state index is 13.8. The first-order chi connectivity index (χ1) is 9.95. The number of nitrogens with one attached hydrogen (secondary N) is 1. The Hall–Kier alpha value is -1.56. The van der Waals surface area contributed by atoms with E-state index in [1.54, 1.807) is 11.3 Å². The fourth-order valence-corrected chi connectivity index (χ4v) is 3.62. The quantitative estimate of drug-likeness (QED) is 0.732. The molecule has 0 fully saturated rings. The van der Waals surface area contributed by atoms with E-state index in [-0.39, 0.29) is 11.7 Å². The average molecular weight is 315 g/mol. The molecular weight excluding hydrogens is 302 g/mol. The van der Waals surface area contributed by atoms with Crippen LogP contribution in [0.4, 0.5) is 23.2 Å². The van der Waals surface area contributed by atoms with Gasteiger partial charge in [-0.25, -0.2) is 4.39 Å². The Morgan fingerprint density at radius 1 is 1.19 bits per heavy atom. The molecule has 1 N–H and O–H groups in total. The van der Waals surface area contributed by atoms with Gasteiger partial charge in [-0.2, -0.15) is 13.2 Å². The van der Waals surface area contributed by atoms with Crippen molar-refractivity contribution in [2.75, 3.05) is 5.32 Å². The molecule has 21 heavy (non-hydrogen) atoms. The third-order valence-corrected chi connectivity index (χ3v) is 4.67. The Morgan fingerprint density at radius 3 is 2.76 bits per heavy atom. The van der Waals surface area contributed by atoms with Crippen LogP contribution in [0.15, 0.2) is 29.6 Å². The minimum atomic E-state index is -4.47. The Labute approximate surface area is 123 Å². The van der Waals surface area contributed by atoms with Gasteiger partial charge in [-0.3, -0.25) is 0 Å². The van der Waals surface area contributed by atoms with Crippen molar-refractivity contribution >= 4 is 17.0 Å². The van der Waals surface area contributed by atoms with Crippen LogP contribution in [0.25, 0.3) is 0 Å². The number of hydrogen-bond donors (Lipinski definition) is 1. The van der Waals surface area contributed by atoms with Crippen molar-refractivity contribution in [3.05, 3.63) is 51.5 Å². The van der Waals surface area contributed by atoms with Gasteiger partial charge in [-0.05, 0) is 54.5 Å². The number of rotatable bonds is 2. The van der Waals surface area contributed by atoms with Crippen molar-refractivity contribution in [2.45, 2.75) is 31.5 Å². The lowest BCUT2D eigenvalue weighted by atomic mass is 9.94. The number of aryl methyl sites for hydroxylation is 1. The molecule has 0 radical (unpaired) electrons. The summed E-state index contributed by atoms with van der Waals surface area (Å²) in [6.45, 7) is 0. The van der Waals surface area contributed by atoms with Crippen molar-refractivity contribution in [3.63, 3.8) is 0 Å². The SMILES string of the molecule is Fc1ccc(C(F)(F)F)cc1NC1CCCc2sccc21. The lowest BCUT2D eigenvalue weighted by Gasteiger charge is -2.25. The van der Waals surface area contributed by atoms with Gasteiger partial charge in [-0.15, -0.1) is 11.3 Å². The molecule has 1 nitrogen and oxygen atoms in total. The number of anilines is 1. The summed E-state index contributed by atoms with van der Waals surface area (Å²) >= 11 is 1.64. The van der Waals surface area contributed by atoms with Gasteiger partial charge in [0.15, 0.2) is 0 Å². The topological polar surface area (TPSA) is 12.0 Å². The summed E-state index contributed by atoms with van der Waals surface area (Å²) in [5.41, 5.74) is 0.143. The Bertz CT molecular complexity index is 647. The van der Waals surface area contributed by atoms with Crippen molar-refractivity contribution in [1.82, 2.24) is 0 Å². The van der Waals surface area contributed by atoms with E-state index in [1.807, 2.05) is 11.4 Å². The minimum Gasteiger partial charge on any atom is -0.376 e. The molecule has 0 saturated heterocycles.